The number of aryl methyl sites for hydroxylation is 1. The molecule has 4 heteroatoms. The summed E-state index contributed by atoms with van der Waals surface area (Å²) in [6.07, 6.45) is 2.30. The maximum absolute atomic E-state index is 5.41. The Kier molecular flexibility index (Phi) is 3.89. The summed E-state index contributed by atoms with van der Waals surface area (Å²) in [5.41, 5.74) is 1.34. The maximum Gasteiger partial charge on any atom is 0.231 e. The van der Waals surface area contributed by atoms with E-state index in [1.165, 1.54) is 25.1 Å². The predicted octanol–water partition coefficient (Wildman–Crippen LogP) is 1.64. The first-order valence-corrected chi connectivity index (χ1v) is 7.16. The summed E-state index contributed by atoms with van der Waals surface area (Å²) in [5, 5.41) is 3.43. The molecule has 0 aliphatic carbocycles. The maximum atomic E-state index is 5.41. The van der Waals surface area contributed by atoms with E-state index < -0.39 is 0 Å². The molecule has 0 radical (unpaired) electrons. The van der Waals surface area contributed by atoms with E-state index in [9.17, 15) is 0 Å². The van der Waals surface area contributed by atoms with Crippen LogP contribution < -0.4 is 14.8 Å². The Hall–Kier alpha value is -1.26. The van der Waals surface area contributed by atoms with Crippen molar-refractivity contribution in [1.29, 1.82) is 0 Å². The Bertz CT molecular complexity index is 436. The van der Waals surface area contributed by atoms with E-state index in [1.807, 2.05) is 6.07 Å². The molecule has 4 nitrogen and oxygen atoms in total. The molecule has 1 saturated heterocycles. The Labute approximate surface area is 114 Å². The van der Waals surface area contributed by atoms with Crippen molar-refractivity contribution in [1.82, 2.24) is 10.2 Å². The van der Waals surface area contributed by atoms with Crippen molar-refractivity contribution < 1.29 is 9.47 Å². The second-order valence-electron chi connectivity index (χ2n) is 5.38. The molecule has 0 aromatic heterocycles. The summed E-state index contributed by atoms with van der Waals surface area (Å²) < 4.78 is 10.7. The molecule has 2 heterocycles. The van der Waals surface area contributed by atoms with Gasteiger partial charge in [0.15, 0.2) is 11.5 Å². The van der Waals surface area contributed by atoms with Gasteiger partial charge in [-0.1, -0.05) is 6.07 Å². The highest BCUT2D eigenvalue weighted by Crippen LogP contribution is 2.32. The van der Waals surface area contributed by atoms with E-state index in [4.69, 9.17) is 9.47 Å². The van der Waals surface area contributed by atoms with Crippen LogP contribution in [-0.4, -0.2) is 43.9 Å². The third kappa shape index (κ3) is 3.01. The number of piperazine rings is 1. The molecule has 3 rings (SSSR count). The van der Waals surface area contributed by atoms with E-state index in [0.717, 1.165) is 31.0 Å². The minimum atomic E-state index is 0.358. The molecule has 2 aliphatic heterocycles. The summed E-state index contributed by atoms with van der Waals surface area (Å²) in [7, 11) is 0. The van der Waals surface area contributed by atoms with Crippen LogP contribution in [0.3, 0.4) is 0 Å². The van der Waals surface area contributed by atoms with Crippen molar-refractivity contribution in [3.05, 3.63) is 23.8 Å². The number of hydrogen-bond acceptors (Lipinski definition) is 4. The zero-order valence-corrected chi connectivity index (χ0v) is 11.5. The van der Waals surface area contributed by atoms with E-state index in [-0.39, 0.29) is 0 Å². The molecule has 1 fully saturated rings. The first-order valence-electron chi connectivity index (χ1n) is 7.16. The smallest absolute Gasteiger partial charge is 0.231 e. The topological polar surface area (TPSA) is 33.7 Å². The van der Waals surface area contributed by atoms with Crippen LogP contribution in [0.4, 0.5) is 0 Å². The standard InChI is InChI=1S/C15H22N2O2/c1-12-10-16-6-8-17(12)7-2-3-13-4-5-14-15(9-13)19-11-18-14/h4-5,9,12,16H,2-3,6-8,10-11H2,1H3. The molecule has 1 atom stereocenters. The van der Waals surface area contributed by atoms with Crippen LogP contribution in [0.5, 0.6) is 11.5 Å². The molecule has 0 amide bonds. The Morgan fingerprint density at radius 1 is 1.32 bits per heavy atom. The van der Waals surface area contributed by atoms with Gasteiger partial charge in [0.1, 0.15) is 0 Å². The lowest BCUT2D eigenvalue weighted by Crippen LogP contribution is -2.49. The van der Waals surface area contributed by atoms with Crippen LogP contribution in [0, 0.1) is 0 Å². The van der Waals surface area contributed by atoms with Gasteiger partial charge in [-0.2, -0.15) is 0 Å². The second-order valence-corrected chi connectivity index (χ2v) is 5.38. The normalized spacial score (nSPS) is 22.7. The lowest BCUT2D eigenvalue weighted by molar-refractivity contribution is 0.172. The summed E-state index contributed by atoms with van der Waals surface area (Å²) in [5.74, 6) is 1.77. The van der Waals surface area contributed by atoms with E-state index in [2.05, 4.69) is 29.3 Å². The molecule has 1 aromatic rings. The molecule has 0 saturated carbocycles. The first-order chi connectivity index (χ1) is 9.33. The number of hydrogen-bond donors (Lipinski definition) is 1. The molecule has 0 bridgehead atoms. The minimum absolute atomic E-state index is 0.358. The highest BCUT2D eigenvalue weighted by molar-refractivity contribution is 5.44. The van der Waals surface area contributed by atoms with Crippen molar-refractivity contribution in [2.24, 2.45) is 0 Å². The van der Waals surface area contributed by atoms with Gasteiger partial charge in [0, 0.05) is 25.7 Å². The molecule has 104 valence electrons. The summed E-state index contributed by atoms with van der Waals surface area (Å²) in [4.78, 5) is 2.57. The number of ether oxygens (including phenoxy) is 2. The van der Waals surface area contributed by atoms with Gasteiger partial charge in [0.2, 0.25) is 6.79 Å². The van der Waals surface area contributed by atoms with Crippen molar-refractivity contribution in [3.63, 3.8) is 0 Å². The molecule has 19 heavy (non-hydrogen) atoms. The molecule has 1 unspecified atom stereocenters. The Morgan fingerprint density at radius 2 is 2.21 bits per heavy atom. The predicted molar refractivity (Wildman–Crippen MR) is 74.8 cm³/mol. The second kappa shape index (κ2) is 5.80. The van der Waals surface area contributed by atoms with Crippen LogP contribution in [0.1, 0.15) is 18.9 Å². The van der Waals surface area contributed by atoms with E-state index in [1.54, 1.807) is 0 Å². The quantitative estimate of drug-likeness (QED) is 0.894. The van der Waals surface area contributed by atoms with E-state index >= 15 is 0 Å². The largest absolute Gasteiger partial charge is 0.454 e. The van der Waals surface area contributed by atoms with Gasteiger partial charge in [0.05, 0.1) is 0 Å². The SMILES string of the molecule is CC1CNCCN1CCCc1ccc2c(c1)OCO2. The average molecular weight is 262 g/mol. The summed E-state index contributed by atoms with van der Waals surface area (Å²) >= 11 is 0. The van der Waals surface area contributed by atoms with Gasteiger partial charge < -0.3 is 14.8 Å². The van der Waals surface area contributed by atoms with Gasteiger partial charge in [-0.25, -0.2) is 0 Å². The van der Waals surface area contributed by atoms with Crippen LogP contribution in [0.25, 0.3) is 0 Å². The molecular weight excluding hydrogens is 240 g/mol. The highest BCUT2D eigenvalue weighted by atomic mass is 16.7. The minimum Gasteiger partial charge on any atom is -0.454 e. The number of nitrogens with zero attached hydrogens (tertiary/aromatic N) is 1. The van der Waals surface area contributed by atoms with Crippen molar-refractivity contribution in [2.45, 2.75) is 25.8 Å². The Morgan fingerprint density at radius 3 is 3.11 bits per heavy atom. The molecule has 1 N–H and O–H groups in total. The van der Waals surface area contributed by atoms with Gasteiger partial charge in [-0.3, -0.25) is 4.90 Å². The third-order valence-electron chi connectivity index (χ3n) is 3.99. The zero-order chi connectivity index (χ0) is 13.1. The zero-order valence-electron chi connectivity index (χ0n) is 11.5. The van der Waals surface area contributed by atoms with Crippen LogP contribution in [0.15, 0.2) is 18.2 Å². The lowest BCUT2D eigenvalue weighted by Gasteiger charge is -2.33. The monoisotopic (exact) mass is 262 g/mol. The fraction of sp³-hybridized carbons (Fsp3) is 0.600. The summed E-state index contributed by atoms with van der Waals surface area (Å²) in [6.45, 7) is 7.24. The number of nitrogens with one attached hydrogen (secondary N) is 1. The van der Waals surface area contributed by atoms with Crippen LogP contribution in [-0.2, 0) is 6.42 Å². The van der Waals surface area contributed by atoms with Gasteiger partial charge in [0.25, 0.3) is 0 Å². The molecule has 0 spiro atoms. The number of fused-ring (bicyclic) bond motifs is 1. The van der Waals surface area contributed by atoms with Crippen LogP contribution >= 0.6 is 0 Å². The van der Waals surface area contributed by atoms with Crippen LogP contribution in [0.2, 0.25) is 0 Å². The van der Waals surface area contributed by atoms with Crippen molar-refractivity contribution >= 4 is 0 Å². The van der Waals surface area contributed by atoms with Crippen molar-refractivity contribution in [2.75, 3.05) is 33.0 Å². The van der Waals surface area contributed by atoms with Crippen molar-refractivity contribution in [3.8, 4) is 11.5 Å². The van der Waals surface area contributed by atoms with Gasteiger partial charge >= 0.3 is 0 Å². The highest BCUT2D eigenvalue weighted by Gasteiger charge is 2.17. The first kappa shape index (κ1) is 12.8. The fourth-order valence-corrected chi connectivity index (χ4v) is 2.80. The third-order valence-corrected chi connectivity index (χ3v) is 3.99. The average Bonchev–Trinajstić information content (AvgIpc) is 2.88. The summed E-state index contributed by atoms with van der Waals surface area (Å²) in [6, 6.07) is 6.94. The molecule has 2 aliphatic rings. The Balaban J connectivity index is 1.49. The lowest BCUT2D eigenvalue weighted by atomic mass is 10.1. The van der Waals surface area contributed by atoms with Gasteiger partial charge in [-0.15, -0.1) is 0 Å². The molecule has 1 aromatic carbocycles. The molecular formula is C15H22N2O2. The number of rotatable bonds is 4. The number of benzene rings is 1. The van der Waals surface area contributed by atoms with Gasteiger partial charge in [-0.05, 0) is 44.0 Å². The van der Waals surface area contributed by atoms with E-state index in [0.29, 0.717) is 12.8 Å². The fourth-order valence-electron chi connectivity index (χ4n) is 2.80.